The van der Waals surface area contributed by atoms with Crippen LogP contribution in [0.15, 0.2) is 48.5 Å². The van der Waals surface area contributed by atoms with Gasteiger partial charge in [0.25, 0.3) is 0 Å². The highest BCUT2D eigenvalue weighted by atomic mass is 19.4. The molecule has 0 amide bonds. The molecule has 0 spiro atoms. The number of ether oxygens (including phenoxy) is 1. The van der Waals surface area contributed by atoms with Gasteiger partial charge in [-0.15, -0.1) is 0 Å². The molecule has 5 nitrogen and oxygen atoms in total. The zero-order valence-electron chi connectivity index (χ0n) is 14.5. The predicted molar refractivity (Wildman–Crippen MR) is 92.5 cm³/mol. The summed E-state index contributed by atoms with van der Waals surface area (Å²) in [6.45, 7) is 0.0337. The van der Waals surface area contributed by atoms with Crippen molar-refractivity contribution in [3.05, 3.63) is 65.2 Å². The van der Waals surface area contributed by atoms with E-state index in [4.69, 9.17) is 9.84 Å². The van der Waals surface area contributed by atoms with E-state index in [1.807, 2.05) is 0 Å². The van der Waals surface area contributed by atoms with Crippen LogP contribution in [0.1, 0.15) is 27.9 Å². The maximum Gasteiger partial charge on any atom is 0.416 e. The van der Waals surface area contributed by atoms with Gasteiger partial charge < -0.3 is 14.7 Å². The van der Waals surface area contributed by atoms with Crippen molar-refractivity contribution in [2.24, 2.45) is 0 Å². The first-order valence-corrected chi connectivity index (χ1v) is 8.02. The van der Waals surface area contributed by atoms with Crippen molar-refractivity contribution < 1.29 is 32.6 Å². The molecular formula is C19H18F3NO4. The summed E-state index contributed by atoms with van der Waals surface area (Å²) in [7, 11) is 1.23. The van der Waals surface area contributed by atoms with Crippen LogP contribution in [0.5, 0.6) is 0 Å². The summed E-state index contributed by atoms with van der Waals surface area (Å²) in [5.41, 5.74) is 0.173. The number of esters is 1. The van der Waals surface area contributed by atoms with Crippen LogP contribution < -0.4 is 4.90 Å². The number of aliphatic carboxylic acids is 1. The molecule has 0 aliphatic heterocycles. The SMILES string of the molecule is COC(=O)c1ccccc1CN(CCC(=O)O)c1cccc(C(F)(F)F)c1. The highest BCUT2D eigenvalue weighted by Crippen LogP contribution is 2.32. The Morgan fingerprint density at radius 3 is 2.44 bits per heavy atom. The summed E-state index contributed by atoms with van der Waals surface area (Å²) in [5, 5.41) is 8.96. The number of rotatable bonds is 7. The molecule has 144 valence electrons. The summed E-state index contributed by atoms with van der Waals surface area (Å²) in [6, 6.07) is 11.2. The van der Waals surface area contributed by atoms with E-state index in [0.717, 1.165) is 12.1 Å². The standard InChI is InChI=1S/C19H18F3NO4/c1-27-18(26)16-8-3-2-5-13(16)12-23(10-9-17(24)25)15-7-4-6-14(11-15)19(20,21)22/h2-8,11H,9-10,12H2,1H3,(H,24,25). The van der Waals surface area contributed by atoms with E-state index in [1.165, 1.54) is 24.1 Å². The normalized spacial score (nSPS) is 11.1. The second kappa shape index (κ2) is 8.57. The van der Waals surface area contributed by atoms with Gasteiger partial charge in [0.05, 0.1) is 24.7 Å². The summed E-state index contributed by atoms with van der Waals surface area (Å²) in [5.74, 6) is -1.65. The van der Waals surface area contributed by atoms with Gasteiger partial charge in [0.1, 0.15) is 0 Å². The highest BCUT2D eigenvalue weighted by molar-refractivity contribution is 5.91. The zero-order valence-corrected chi connectivity index (χ0v) is 14.5. The second-order valence-electron chi connectivity index (χ2n) is 5.76. The van der Waals surface area contributed by atoms with Gasteiger partial charge in [0.2, 0.25) is 0 Å². The summed E-state index contributed by atoms with van der Waals surface area (Å²) in [6.07, 6.45) is -4.78. The first kappa shape index (κ1) is 20.3. The van der Waals surface area contributed by atoms with Crippen LogP contribution in [0.25, 0.3) is 0 Å². The topological polar surface area (TPSA) is 66.8 Å². The van der Waals surface area contributed by atoms with Crippen molar-refractivity contribution in [3.8, 4) is 0 Å². The van der Waals surface area contributed by atoms with Gasteiger partial charge >= 0.3 is 18.1 Å². The number of carbonyl (C=O) groups excluding carboxylic acids is 1. The van der Waals surface area contributed by atoms with Gasteiger partial charge in [-0.1, -0.05) is 24.3 Å². The minimum Gasteiger partial charge on any atom is -0.481 e. The van der Waals surface area contributed by atoms with Crippen LogP contribution in [0.4, 0.5) is 18.9 Å². The molecule has 0 saturated heterocycles. The molecular weight excluding hydrogens is 363 g/mol. The molecule has 0 radical (unpaired) electrons. The molecule has 0 fully saturated rings. The number of nitrogens with zero attached hydrogens (tertiary/aromatic N) is 1. The number of methoxy groups -OCH3 is 1. The zero-order chi connectivity index (χ0) is 20.0. The average Bonchev–Trinajstić information content (AvgIpc) is 2.64. The van der Waals surface area contributed by atoms with E-state index < -0.39 is 23.7 Å². The first-order chi connectivity index (χ1) is 12.7. The van der Waals surface area contributed by atoms with E-state index in [2.05, 4.69) is 0 Å². The Morgan fingerprint density at radius 1 is 1.11 bits per heavy atom. The Labute approximate surface area is 154 Å². The Kier molecular flexibility index (Phi) is 6.44. The number of hydrogen-bond donors (Lipinski definition) is 1. The Hall–Kier alpha value is -3.03. The van der Waals surface area contributed by atoms with Gasteiger partial charge in [-0.05, 0) is 29.8 Å². The van der Waals surface area contributed by atoms with Crippen LogP contribution in [0, 0.1) is 0 Å². The minimum absolute atomic E-state index is 0.0217. The first-order valence-electron chi connectivity index (χ1n) is 8.02. The molecule has 0 aromatic heterocycles. The van der Waals surface area contributed by atoms with Gasteiger partial charge in [-0.3, -0.25) is 4.79 Å². The Bertz CT molecular complexity index is 821. The van der Waals surface area contributed by atoms with Gasteiger partial charge in [0.15, 0.2) is 0 Å². The maximum absolute atomic E-state index is 13.0. The minimum atomic E-state index is -4.52. The van der Waals surface area contributed by atoms with Crippen LogP contribution in [-0.2, 0) is 22.3 Å². The van der Waals surface area contributed by atoms with Crippen molar-refractivity contribution >= 4 is 17.6 Å². The van der Waals surface area contributed by atoms with Gasteiger partial charge in [-0.2, -0.15) is 13.2 Å². The monoisotopic (exact) mass is 381 g/mol. The lowest BCUT2D eigenvalue weighted by atomic mass is 10.1. The van der Waals surface area contributed by atoms with E-state index in [0.29, 0.717) is 5.56 Å². The van der Waals surface area contributed by atoms with Crippen molar-refractivity contribution in [2.45, 2.75) is 19.1 Å². The summed E-state index contributed by atoms with van der Waals surface area (Å²) >= 11 is 0. The summed E-state index contributed by atoms with van der Waals surface area (Å²) in [4.78, 5) is 24.4. The van der Waals surface area contributed by atoms with E-state index in [9.17, 15) is 22.8 Å². The van der Waals surface area contributed by atoms with Crippen LogP contribution >= 0.6 is 0 Å². The molecule has 27 heavy (non-hydrogen) atoms. The van der Waals surface area contributed by atoms with Crippen molar-refractivity contribution in [3.63, 3.8) is 0 Å². The molecule has 0 atom stereocenters. The number of carboxylic acids is 1. The van der Waals surface area contributed by atoms with E-state index >= 15 is 0 Å². The Balaban J connectivity index is 2.39. The quantitative estimate of drug-likeness (QED) is 0.735. The number of hydrogen-bond acceptors (Lipinski definition) is 4. The number of carbonyl (C=O) groups is 2. The van der Waals surface area contributed by atoms with E-state index in [1.54, 1.807) is 24.3 Å². The smallest absolute Gasteiger partial charge is 0.416 e. The van der Waals surface area contributed by atoms with Gasteiger partial charge in [0, 0.05) is 18.8 Å². The number of alkyl halides is 3. The largest absolute Gasteiger partial charge is 0.481 e. The Morgan fingerprint density at radius 2 is 1.81 bits per heavy atom. The molecule has 0 unspecified atom stereocenters. The molecule has 0 saturated carbocycles. The second-order valence-corrected chi connectivity index (χ2v) is 5.76. The molecule has 2 aromatic rings. The number of halogens is 3. The predicted octanol–water partition coefficient (Wildman–Crippen LogP) is 3.97. The maximum atomic E-state index is 13.0. The molecule has 8 heteroatoms. The third-order valence-corrected chi connectivity index (χ3v) is 3.92. The average molecular weight is 381 g/mol. The fourth-order valence-corrected chi connectivity index (χ4v) is 2.58. The van der Waals surface area contributed by atoms with Crippen molar-refractivity contribution in [2.75, 3.05) is 18.6 Å². The molecule has 0 bridgehead atoms. The third kappa shape index (κ3) is 5.47. The van der Waals surface area contributed by atoms with Gasteiger partial charge in [-0.25, -0.2) is 4.79 Å². The molecule has 0 aliphatic carbocycles. The molecule has 2 aromatic carbocycles. The van der Waals surface area contributed by atoms with Crippen molar-refractivity contribution in [1.82, 2.24) is 0 Å². The summed E-state index contributed by atoms with van der Waals surface area (Å²) < 4.78 is 43.8. The molecule has 0 aliphatic rings. The lowest BCUT2D eigenvalue weighted by Crippen LogP contribution is -2.27. The third-order valence-electron chi connectivity index (χ3n) is 3.92. The molecule has 2 rings (SSSR count). The number of benzene rings is 2. The molecule has 1 N–H and O–H groups in total. The lowest BCUT2D eigenvalue weighted by molar-refractivity contribution is -0.138. The highest BCUT2D eigenvalue weighted by Gasteiger charge is 2.31. The fourth-order valence-electron chi connectivity index (χ4n) is 2.58. The van der Waals surface area contributed by atoms with Crippen LogP contribution in [0.2, 0.25) is 0 Å². The van der Waals surface area contributed by atoms with Crippen LogP contribution in [0.3, 0.4) is 0 Å². The van der Waals surface area contributed by atoms with Crippen LogP contribution in [-0.4, -0.2) is 30.7 Å². The fraction of sp³-hybridized carbons (Fsp3) is 0.263. The number of anilines is 1. The van der Waals surface area contributed by atoms with E-state index in [-0.39, 0.29) is 30.8 Å². The van der Waals surface area contributed by atoms with Crippen molar-refractivity contribution in [1.29, 1.82) is 0 Å². The lowest BCUT2D eigenvalue weighted by Gasteiger charge is -2.26. The molecule has 0 heterocycles. The number of carboxylic acid groups (broad SMARTS) is 1.